The first-order valence-corrected chi connectivity index (χ1v) is 15.9. The third kappa shape index (κ3) is 8.05. The van der Waals surface area contributed by atoms with E-state index in [1.54, 1.807) is 26.8 Å². The Morgan fingerprint density at radius 2 is 1.76 bits per heavy atom. The van der Waals surface area contributed by atoms with Gasteiger partial charge in [-0.05, 0) is 57.0 Å². The van der Waals surface area contributed by atoms with Crippen molar-refractivity contribution >= 4 is 46.8 Å². The first-order valence-electron chi connectivity index (χ1n) is 15.6. The zero-order valence-electron chi connectivity index (χ0n) is 27.2. The predicted octanol–water partition coefficient (Wildman–Crippen LogP) is 6.62. The summed E-state index contributed by atoms with van der Waals surface area (Å²) in [5.74, 6) is -8.79. The van der Waals surface area contributed by atoms with Crippen LogP contribution in [0.25, 0.3) is 0 Å². The second-order valence-electron chi connectivity index (χ2n) is 13.2. The van der Waals surface area contributed by atoms with Crippen LogP contribution >= 0.6 is 11.6 Å². The van der Waals surface area contributed by atoms with Crippen molar-refractivity contribution < 1.29 is 41.5 Å². The van der Waals surface area contributed by atoms with E-state index in [-0.39, 0.29) is 22.0 Å². The molecule has 262 valence electrons. The monoisotopic (exact) mass is 713 g/mol. The molecule has 0 bridgehead atoms. The summed E-state index contributed by atoms with van der Waals surface area (Å²) >= 11 is 6.55. The van der Waals surface area contributed by atoms with Crippen LogP contribution in [0.3, 0.4) is 0 Å². The first kappa shape index (κ1) is 36.3. The van der Waals surface area contributed by atoms with E-state index in [1.807, 2.05) is 6.07 Å². The van der Waals surface area contributed by atoms with E-state index in [9.17, 15) is 37.2 Å². The first-order chi connectivity index (χ1) is 23.5. The Labute approximate surface area is 290 Å². The maximum Gasteiger partial charge on any atom is 0.410 e. The molecule has 15 heteroatoms. The Kier molecular flexibility index (Phi) is 10.2. The Morgan fingerprint density at radius 1 is 1.10 bits per heavy atom. The molecule has 2 atom stereocenters. The maximum absolute atomic E-state index is 15.1. The molecular formula is C35H32ClF4N5O5. The minimum Gasteiger partial charge on any atom is -0.444 e. The highest BCUT2D eigenvalue weighted by atomic mass is 35.5. The van der Waals surface area contributed by atoms with Gasteiger partial charge in [-0.2, -0.15) is 5.26 Å². The SMILES string of the molecule is CC(C)(C)OC(=O)N1CC(=O)N(c2cc(C#N)ccn2)[C@H](C(=O)N(c2cc(F)cc(F)c2)[C@H](C(=O)CC2CC(F)(F)C2)c2ccccc2Cl)C1. The van der Waals surface area contributed by atoms with Crippen molar-refractivity contribution in [2.45, 2.75) is 63.6 Å². The Hall–Kier alpha value is -5.03. The number of hydrogen-bond acceptors (Lipinski definition) is 7. The van der Waals surface area contributed by atoms with Gasteiger partial charge in [0, 0.05) is 42.1 Å². The molecule has 2 aliphatic rings. The van der Waals surface area contributed by atoms with Crippen LogP contribution in [0, 0.1) is 28.9 Å². The molecule has 1 aliphatic heterocycles. The van der Waals surface area contributed by atoms with Crippen LogP contribution < -0.4 is 9.80 Å². The third-order valence-electron chi connectivity index (χ3n) is 8.15. The predicted molar refractivity (Wildman–Crippen MR) is 173 cm³/mol. The fraction of sp³-hybridized carbons (Fsp3) is 0.371. The maximum atomic E-state index is 15.1. The number of aromatic nitrogens is 1. The van der Waals surface area contributed by atoms with Crippen LogP contribution in [0.15, 0.2) is 60.8 Å². The summed E-state index contributed by atoms with van der Waals surface area (Å²) in [4.78, 5) is 63.2. The molecule has 1 aromatic heterocycles. The van der Waals surface area contributed by atoms with Gasteiger partial charge in [-0.1, -0.05) is 29.8 Å². The highest BCUT2D eigenvalue weighted by Crippen LogP contribution is 2.46. The number of ether oxygens (including phenoxy) is 1. The molecule has 3 amide bonds. The quantitative estimate of drug-likeness (QED) is 0.241. The van der Waals surface area contributed by atoms with Crippen LogP contribution in [0.1, 0.15) is 57.2 Å². The summed E-state index contributed by atoms with van der Waals surface area (Å²) in [6.45, 7) is 3.68. The molecule has 2 fully saturated rings. The smallest absolute Gasteiger partial charge is 0.410 e. The molecular weight excluding hydrogens is 682 g/mol. The van der Waals surface area contributed by atoms with E-state index in [0.29, 0.717) is 6.07 Å². The minimum atomic E-state index is -2.97. The molecule has 5 rings (SSSR count). The third-order valence-corrected chi connectivity index (χ3v) is 8.49. The summed E-state index contributed by atoms with van der Waals surface area (Å²) in [7, 11) is 0. The van der Waals surface area contributed by atoms with Crippen LogP contribution in [0.2, 0.25) is 5.02 Å². The van der Waals surface area contributed by atoms with E-state index < -0.39 is 103 Å². The molecule has 0 spiro atoms. The Balaban J connectivity index is 1.69. The molecule has 0 unspecified atom stereocenters. The van der Waals surface area contributed by atoms with Gasteiger partial charge in [0.1, 0.15) is 41.7 Å². The lowest BCUT2D eigenvalue weighted by molar-refractivity contribution is -0.135. The summed E-state index contributed by atoms with van der Waals surface area (Å²) in [6, 6.07) is 9.11. The largest absolute Gasteiger partial charge is 0.444 e. The number of ketones is 1. The highest BCUT2D eigenvalue weighted by Gasteiger charge is 2.49. The number of anilines is 2. The second-order valence-corrected chi connectivity index (χ2v) is 13.6. The normalized spacial score (nSPS) is 18.1. The number of nitriles is 1. The number of hydrogen-bond donors (Lipinski definition) is 0. The van der Waals surface area contributed by atoms with E-state index in [4.69, 9.17) is 16.3 Å². The molecule has 3 aromatic rings. The second kappa shape index (κ2) is 14.1. The van der Waals surface area contributed by atoms with E-state index >= 15 is 4.79 Å². The van der Waals surface area contributed by atoms with E-state index in [2.05, 4.69) is 4.98 Å². The molecule has 10 nitrogen and oxygen atoms in total. The van der Waals surface area contributed by atoms with E-state index in [0.717, 1.165) is 26.8 Å². The number of pyridine rings is 1. The van der Waals surface area contributed by atoms with Gasteiger partial charge in [0.05, 0.1) is 23.9 Å². The zero-order valence-corrected chi connectivity index (χ0v) is 28.0. The molecule has 1 saturated heterocycles. The van der Waals surface area contributed by atoms with Crippen molar-refractivity contribution in [3.05, 3.63) is 88.6 Å². The van der Waals surface area contributed by atoms with Crippen molar-refractivity contribution in [1.82, 2.24) is 9.88 Å². The highest BCUT2D eigenvalue weighted by molar-refractivity contribution is 6.31. The van der Waals surface area contributed by atoms with Crippen LogP contribution in [-0.2, 0) is 19.1 Å². The lowest BCUT2D eigenvalue weighted by Crippen LogP contribution is -2.64. The topological polar surface area (TPSA) is 124 Å². The lowest BCUT2D eigenvalue weighted by Gasteiger charge is -2.43. The van der Waals surface area contributed by atoms with Crippen molar-refractivity contribution in [2.75, 3.05) is 22.9 Å². The summed E-state index contributed by atoms with van der Waals surface area (Å²) in [5.41, 5.74) is -1.35. The summed E-state index contributed by atoms with van der Waals surface area (Å²) in [5, 5.41) is 9.52. The van der Waals surface area contributed by atoms with Gasteiger partial charge in [-0.25, -0.2) is 27.3 Å². The zero-order chi connectivity index (χ0) is 36.5. The van der Waals surface area contributed by atoms with Gasteiger partial charge >= 0.3 is 6.09 Å². The van der Waals surface area contributed by atoms with Crippen LogP contribution in [0.5, 0.6) is 0 Å². The lowest BCUT2D eigenvalue weighted by atomic mass is 9.77. The van der Waals surface area contributed by atoms with Crippen LogP contribution in [0.4, 0.5) is 33.9 Å². The van der Waals surface area contributed by atoms with Gasteiger partial charge in [-0.15, -0.1) is 0 Å². The number of carbonyl (C=O) groups is 4. The van der Waals surface area contributed by atoms with Crippen molar-refractivity contribution in [1.29, 1.82) is 5.26 Å². The Bertz CT molecular complexity index is 1850. The van der Waals surface area contributed by atoms with Crippen LogP contribution in [-0.4, -0.2) is 64.2 Å². The van der Waals surface area contributed by atoms with Gasteiger partial charge in [0.25, 0.3) is 5.91 Å². The Morgan fingerprint density at radius 3 is 2.36 bits per heavy atom. The number of Topliss-reactive ketones (excluding diaryl/α,β-unsaturated/α-hetero) is 1. The van der Waals surface area contributed by atoms with E-state index in [1.165, 1.54) is 36.5 Å². The average Bonchev–Trinajstić information content (AvgIpc) is 3.01. The number of rotatable bonds is 8. The van der Waals surface area contributed by atoms with Gasteiger partial charge < -0.3 is 4.74 Å². The summed E-state index contributed by atoms with van der Waals surface area (Å²) in [6.07, 6.45) is -1.31. The average molecular weight is 714 g/mol. The molecule has 1 aliphatic carbocycles. The van der Waals surface area contributed by atoms with Crippen molar-refractivity contribution in [2.24, 2.45) is 5.92 Å². The van der Waals surface area contributed by atoms with Crippen molar-refractivity contribution in [3.63, 3.8) is 0 Å². The number of carbonyl (C=O) groups excluding carboxylic acids is 4. The standard InChI is InChI=1S/C35H32ClF4N5O5/c1-34(2,3)50-33(49)43-18-27(45(30(47)19-43)29-11-20(17-41)8-9-42-29)32(48)44(24-13-22(37)12-23(38)14-24)31(25-6-4-5-7-26(25)36)28(46)10-21-15-35(39,40)16-21/h4-9,11-14,21,27,31H,10,15-16,18-19H2,1-3H3/t27-,31-/m0/s1. The van der Waals surface area contributed by atoms with Crippen molar-refractivity contribution in [3.8, 4) is 6.07 Å². The van der Waals surface area contributed by atoms with Gasteiger partial charge in [-0.3, -0.25) is 29.1 Å². The number of nitrogens with zero attached hydrogens (tertiary/aromatic N) is 5. The number of alkyl halides is 2. The molecule has 2 heterocycles. The summed E-state index contributed by atoms with van der Waals surface area (Å²) < 4.78 is 62.8. The molecule has 0 radical (unpaired) electrons. The molecule has 1 saturated carbocycles. The fourth-order valence-corrected chi connectivity index (χ4v) is 6.29. The molecule has 2 aromatic carbocycles. The molecule has 50 heavy (non-hydrogen) atoms. The fourth-order valence-electron chi connectivity index (χ4n) is 6.05. The number of amides is 3. The minimum absolute atomic E-state index is 0.0187. The number of benzene rings is 2. The van der Waals surface area contributed by atoms with Gasteiger partial charge in [0.15, 0.2) is 5.78 Å². The number of piperazine rings is 1. The number of halogens is 5. The molecule has 0 N–H and O–H groups in total. The van der Waals surface area contributed by atoms with Gasteiger partial charge in [0.2, 0.25) is 11.8 Å².